The minimum absolute atomic E-state index is 0. The van der Waals surface area contributed by atoms with Crippen molar-refractivity contribution in [1.29, 1.82) is 0 Å². The summed E-state index contributed by atoms with van der Waals surface area (Å²) < 4.78 is 42.8. The molecule has 4 heteroatoms. The van der Waals surface area contributed by atoms with Crippen molar-refractivity contribution in [2.75, 3.05) is 6.61 Å². The molecule has 0 amide bonds. The number of rotatable bonds is 5. The molecule has 0 aliphatic heterocycles. The number of carboxylic acids is 1. The molecule has 0 aliphatic rings. The fourth-order valence-electron chi connectivity index (χ4n) is 0.218. The summed E-state index contributed by atoms with van der Waals surface area (Å²) in [4.78, 5) is 10.2. The Balaban J connectivity index is 0. The van der Waals surface area contributed by atoms with Gasteiger partial charge in [0.05, 0.1) is 0 Å². The number of hydrogen-bond donors (Lipinski definition) is 1. The summed E-state index contributed by atoms with van der Waals surface area (Å²) in [5.41, 5.74) is 0. The van der Waals surface area contributed by atoms with Crippen molar-refractivity contribution >= 4 is 5.97 Å². The number of carbonyl (C=O) groups excluding carboxylic acids is 1. The molecule has 0 atom stereocenters. The van der Waals surface area contributed by atoms with Crippen molar-refractivity contribution in [3.8, 4) is 0 Å². The van der Waals surface area contributed by atoms with Crippen LogP contribution in [0.1, 0.15) is 33.8 Å². The number of carbonyl (C=O) groups is 1. The van der Waals surface area contributed by atoms with E-state index in [4.69, 9.17) is 13.3 Å². The van der Waals surface area contributed by atoms with Crippen LogP contribution in [0.3, 0.4) is 0 Å². The number of carboxylic acid groups (broad SMARTS) is 1. The first kappa shape index (κ1) is 4.45. The zero-order valence-electron chi connectivity index (χ0n) is 11.7. The molecule has 0 aromatic carbocycles. The average molecular weight is 160 g/mol. The third-order valence-corrected chi connectivity index (χ3v) is 0.489. The number of hydrogen-bond acceptors (Lipinski definition) is 3. The first-order chi connectivity index (χ1) is 6.48. The summed E-state index contributed by atoms with van der Waals surface area (Å²) in [6.07, 6.45) is -10.2. The van der Waals surface area contributed by atoms with E-state index in [0.29, 0.717) is 0 Å². The molecule has 10 heavy (non-hydrogen) atoms. The number of aliphatic hydroxyl groups is 1. The van der Waals surface area contributed by atoms with E-state index in [-0.39, 0.29) is 29.6 Å². The molecule has 54 valence electrons. The van der Waals surface area contributed by atoms with Crippen LogP contribution in [0.2, 0.25) is 0 Å². The van der Waals surface area contributed by atoms with Gasteiger partial charge < -0.3 is 15.0 Å². The standard InChI is InChI=1S/C6H12O3.Na/c7-5-3-1-2-4-6(8)9;/h7H,1-5H2,(H,8,9);/q;+1/p-1/i1D2,2D2,3D2;. The first-order valence-electron chi connectivity index (χ1n) is 5.29. The van der Waals surface area contributed by atoms with Crippen molar-refractivity contribution < 1.29 is 52.8 Å². The van der Waals surface area contributed by atoms with Crippen LogP contribution in [0.4, 0.5) is 0 Å². The summed E-state index contributed by atoms with van der Waals surface area (Å²) >= 11 is 0. The van der Waals surface area contributed by atoms with Crippen LogP contribution in [0.25, 0.3) is 0 Å². The maximum atomic E-state index is 10.2. The van der Waals surface area contributed by atoms with Gasteiger partial charge in [0.15, 0.2) is 0 Å². The zero-order chi connectivity index (χ0) is 12.5. The van der Waals surface area contributed by atoms with Gasteiger partial charge in [-0.1, -0.05) is 6.37 Å². The van der Waals surface area contributed by atoms with Crippen molar-refractivity contribution in [2.24, 2.45) is 0 Å². The summed E-state index contributed by atoms with van der Waals surface area (Å²) in [5.74, 6) is -1.82. The molecule has 0 saturated heterocycles. The van der Waals surface area contributed by atoms with Crippen LogP contribution >= 0.6 is 0 Å². The van der Waals surface area contributed by atoms with Gasteiger partial charge in [0.2, 0.25) is 0 Å². The Kier molecular flexibility index (Phi) is 4.20. The molecule has 0 aromatic heterocycles. The van der Waals surface area contributed by atoms with E-state index >= 15 is 0 Å². The Morgan fingerprint density at radius 2 is 2.10 bits per heavy atom. The van der Waals surface area contributed by atoms with Gasteiger partial charge in [-0.3, -0.25) is 0 Å². The molecule has 0 saturated carbocycles. The maximum absolute atomic E-state index is 10.2. The van der Waals surface area contributed by atoms with Gasteiger partial charge in [0.25, 0.3) is 0 Å². The Labute approximate surface area is 91.2 Å². The Morgan fingerprint density at radius 3 is 2.50 bits per heavy atom. The molecule has 0 bridgehead atoms. The molecule has 0 spiro atoms. The largest absolute Gasteiger partial charge is 1.00 e. The molecule has 0 rings (SSSR count). The van der Waals surface area contributed by atoms with Gasteiger partial charge in [-0.05, 0) is 19.2 Å². The summed E-state index contributed by atoms with van der Waals surface area (Å²) in [6.45, 7) is -1.24. The molecular weight excluding hydrogens is 143 g/mol. The predicted octanol–water partition coefficient (Wildman–Crippen LogP) is -3.71. The Bertz CT molecular complexity index is 257. The molecule has 0 aliphatic carbocycles. The van der Waals surface area contributed by atoms with E-state index in [2.05, 4.69) is 0 Å². The summed E-state index contributed by atoms with van der Waals surface area (Å²) in [7, 11) is 0. The van der Waals surface area contributed by atoms with E-state index < -0.39 is 38.1 Å². The molecule has 1 N–H and O–H groups in total. The van der Waals surface area contributed by atoms with Gasteiger partial charge in [0, 0.05) is 20.8 Å². The quantitative estimate of drug-likeness (QED) is 0.421. The second kappa shape index (κ2) is 9.43. The third-order valence-electron chi connectivity index (χ3n) is 0.489. The summed E-state index contributed by atoms with van der Waals surface area (Å²) in [5, 5.41) is 18.8. The van der Waals surface area contributed by atoms with Crippen LogP contribution in [0, 0.1) is 0 Å². The van der Waals surface area contributed by atoms with Gasteiger partial charge >= 0.3 is 29.6 Å². The molecule has 0 fully saturated rings. The van der Waals surface area contributed by atoms with Gasteiger partial charge in [0.1, 0.15) is 0 Å². The molecule has 0 aromatic rings. The molecular formula is C6H11NaO3. The molecule has 0 radical (unpaired) electrons. The topological polar surface area (TPSA) is 60.4 Å². The Hall–Kier alpha value is 0.430. The minimum atomic E-state index is -3.13. The minimum Gasteiger partial charge on any atom is -0.550 e. The maximum Gasteiger partial charge on any atom is 1.00 e. The van der Waals surface area contributed by atoms with Crippen LogP contribution in [-0.2, 0) is 4.79 Å². The third kappa shape index (κ3) is 11.3. The van der Waals surface area contributed by atoms with Crippen LogP contribution in [0.15, 0.2) is 0 Å². The normalized spacial score (nSPS) is 21.7. The van der Waals surface area contributed by atoms with Crippen LogP contribution < -0.4 is 34.7 Å². The summed E-state index contributed by atoms with van der Waals surface area (Å²) in [6, 6.07) is 0. The molecule has 3 nitrogen and oxygen atoms in total. The van der Waals surface area contributed by atoms with Crippen molar-refractivity contribution in [3.05, 3.63) is 0 Å². The fraction of sp³-hybridized carbons (Fsp3) is 0.833. The Morgan fingerprint density at radius 1 is 1.50 bits per heavy atom. The SMILES string of the molecule is [2H]C([2H])(CO)C([2H])([2H])C([2H])([2H])CC(=O)[O-].[Na+]. The average Bonchev–Trinajstić information content (AvgIpc) is 2.01. The van der Waals surface area contributed by atoms with Crippen LogP contribution in [0.5, 0.6) is 0 Å². The number of aliphatic carboxylic acids is 1. The van der Waals surface area contributed by atoms with Crippen molar-refractivity contribution in [2.45, 2.75) is 25.5 Å². The second-order valence-electron chi connectivity index (χ2n) is 1.19. The van der Waals surface area contributed by atoms with Gasteiger partial charge in [-0.25, -0.2) is 0 Å². The molecule has 0 unspecified atom stereocenters. The van der Waals surface area contributed by atoms with E-state index in [1.165, 1.54) is 0 Å². The predicted molar refractivity (Wildman–Crippen MR) is 30.6 cm³/mol. The van der Waals surface area contributed by atoms with E-state index in [1.807, 2.05) is 0 Å². The zero-order valence-corrected chi connectivity index (χ0v) is 7.68. The molecule has 0 heterocycles. The van der Waals surface area contributed by atoms with Gasteiger partial charge in [-0.15, -0.1) is 0 Å². The van der Waals surface area contributed by atoms with Gasteiger partial charge in [-0.2, -0.15) is 0 Å². The van der Waals surface area contributed by atoms with E-state index in [9.17, 15) is 9.90 Å². The number of aliphatic hydroxyl groups excluding tert-OH is 1. The second-order valence-corrected chi connectivity index (χ2v) is 1.19. The van der Waals surface area contributed by atoms with Crippen LogP contribution in [-0.4, -0.2) is 17.7 Å². The monoisotopic (exact) mass is 160 g/mol. The van der Waals surface area contributed by atoms with Crippen molar-refractivity contribution in [1.82, 2.24) is 0 Å². The van der Waals surface area contributed by atoms with E-state index in [0.717, 1.165) is 0 Å². The first-order valence-corrected chi connectivity index (χ1v) is 2.29. The van der Waals surface area contributed by atoms with Crippen molar-refractivity contribution in [3.63, 3.8) is 0 Å². The fourth-order valence-corrected chi connectivity index (χ4v) is 0.218. The van der Waals surface area contributed by atoms with E-state index in [1.54, 1.807) is 0 Å². The smallest absolute Gasteiger partial charge is 0.550 e.